The lowest BCUT2D eigenvalue weighted by Gasteiger charge is -2.20. The molecule has 0 saturated carbocycles. The van der Waals surface area contributed by atoms with E-state index < -0.39 is 29.1 Å². The Morgan fingerprint density at radius 1 is 1.26 bits per heavy atom. The van der Waals surface area contributed by atoms with Gasteiger partial charge in [0, 0.05) is 10.4 Å². The number of carbonyl (C=O) groups excluding carboxylic acids is 2. The van der Waals surface area contributed by atoms with E-state index in [0.717, 1.165) is 11.0 Å². The summed E-state index contributed by atoms with van der Waals surface area (Å²) in [5.41, 5.74) is -1.33. The number of benzene rings is 1. The zero-order valence-electron chi connectivity index (χ0n) is 11.9. The molecular weight excluding hydrogens is 346 g/mol. The third-order valence-corrected chi connectivity index (χ3v) is 5.15. The monoisotopic (exact) mass is 356 g/mol. The van der Waals surface area contributed by atoms with Gasteiger partial charge < -0.3 is 5.32 Å². The Balaban J connectivity index is 1.91. The quantitative estimate of drug-likeness (QED) is 0.853. The molecule has 0 radical (unpaired) electrons. The number of hydrogen-bond donors (Lipinski definition) is 1. The van der Waals surface area contributed by atoms with Gasteiger partial charge in [0.2, 0.25) is 0 Å². The van der Waals surface area contributed by atoms with Gasteiger partial charge in [0.1, 0.15) is 0 Å². The summed E-state index contributed by atoms with van der Waals surface area (Å²) < 4.78 is 27.5. The summed E-state index contributed by atoms with van der Waals surface area (Å²) in [6.45, 7) is 1.21. The summed E-state index contributed by atoms with van der Waals surface area (Å²) in [7, 11) is 0. The summed E-state index contributed by atoms with van der Waals surface area (Å²) in [5.74, 6) is -2.63. The van der Waals surface area contributed by atoms with Gasteiger partial charge in [0.25, 0.3) is 5.91 Å². The maximum absolute atomic E-state index is 13.8. The second-order valence-corrected chi connectivity index (χ2v) is 6.98. The van der Waals surface area contributed by atoms with Crippen LogP contribution in [0.15, 0.2) is 30.3 Å². The van der Waals surface area contributed by atoms with Crippen LogP contribution < -0.4 is 5.32 Å². The first-order chi connectivity index (χ1) is 10.8. The molecule has 1 fully saturated rings. The molecule has 0 unspecified atom stereocenters. The number of halogens is 3. The average molecular weight is 357 g/mol. The van der Waals surface area contributed by atoms with E-state index in [4.69, 9.17) is 11.6 Å². The van der Waals surface area contributed by atoms with Gasteiger partial charge in [-0.1, -0.05) is 23.7 Å². The highest BCUT2D eigenvalue weighted by Gasteiger charge is 2.49. The van der Waals surface area contributed by atoms with E-state index in [-0.39, 0.29) is 12.1 Å². The van der Waals surface area contributed by atoms with Crippen molar-refractivity contribution in [1.29, 1.82) is 0 Å². The summed E-state index contributed by atoms with van der Waals surface area (Å²) in [6.07, 6.45) is 0. The van der Waals surface area contributed by atoms with E-state index in [1.165, 1.54) is 23.5 Å². The van der Waals surface area contributed by atoms with Crippen molar-refractivity contribution in [2.75, 3.05) is 0 Å². The lowest BCUT2D eigenvalue weighted by molar-refractivity contribution is -0.131. The molecule has 0 bridgehead atoms. The summed E-state index contributed by atoms with van der Waals surface area (Å²) in [4.78, 5) is 26.2. The number of hydrogen-bond acceptors (Lipinski definition) is 3. The summed E-state index contributed by atoms with van der Waals surface area (Å²) >= 11 is 7.05. The minimum absolute atomic E-state index is 0.0676. The van der Waals surface area contributed by atoms with Crippen LogP contribution in [0.3, 0.4) is 0 Å². The van der Waals surface area contributed by atoms with Gasteiger partial charge in [-0.15, -0.1) is 11.3 Å². The molecule has 2 heterocycles. The largest absolute Gasteiger partial charge is 0.325 e. The van der Waals surface area contributed by atoms with Gasteiger partial charge in [-0.25, -0.2) is 13.6 Å². The number of nitrogens with zero attached hydrogens (tertiary/aromatic N) is 1. The molecule has 1 atom stereocenters. The topological polar surface area (TPSA) is 49.4 Å². The third-order valence-electron chi connectivity index (χ3n) is 3.70. The molecule has 2 aromatic rings. The van der Waals surface area contributed by atoms with Crippen LogP contribution in [0.2, 0.25) is 4.34 Å². The second kappa shape index (κ2) is 5.58. The fourth-order valence-corrected chi connectivity index (χ4v) is 3.57. The highest BCUT2D eigenvalue weighted by molar-refractivity contribution is 7.16. The van der Waals surface area contributed by atoms with Crippen LogP contribution in [0.4, 0.5) is 13.6 Å². The number of thiophene rings is 1. The van der Waals surface area contributed by atoms with E-state index in [2.05, 4.69) is 5.32 Å². The Bertz CT molecular complexity index is 811. The van der Waals surface area contributed by atoms with Gasteiger partial charge in [-0.2, -0.15) is 0 Å². The zero-order valence-corrected chi connectivity index (χ0v) is 13.5. The Kier molecular flexibility index (Phi) is 3.85. The minimum Gasteiger partial charge on any atom is -0.319 e. The molecule has 1 saturated heterocycles. The Labute approximate surface area is 139 Å². The van der Waals surface area contributed by atoms with Crippen molar-refractivity contribution in [2.24, 2.45) is 0 Å². The summed E-state index contributed by atoms with van der Waals surface area (Å²) in [5, 5.41) is 2.59. The zero-order chi connectivity index (χ0) is 16.8. The van der Waals surface area contributed by atoms with Crippen molar-refractivity contribution in [3.8, 4) is 0 Å². The molecule has 0 spiro atoms. The maximum Gasteiger partial charge on any atom is 0.325 e. The molecule has 8 heteroatoms. The van der Waals surface area contributed by atoms with Crippen LogP contribution in [0.25, 0.3) is 0 Å². The van der Waals surface area contributed by atoms with Crippen molar-refractivity contribution >= 4 is 34.9 Å². The van der Waals surface area contributed by atoms with Crippen LogP contribution in [-0.2, 0) is 16.9 Å². The van der Waals surface area contributed by atoms with Crippen molar-refractivity contribution < 1.29 is 18.4 Å². The number of imide groups is 1. The fourth-order valence-electron chi connectivity index (χ4n) is 2.43. The number of carbonyl (C=O) groups is 2. The lowest BCUT2D eigenvalue weighted by Crippen LogP contribution is -2.40. The normalized spacial score (nSPS) is 21.0. The van der Waals surface area contributed by atoms with Gasteiger partial charge in [0.05, 0.1) is 10.9 Å². The molecule has 1 aliphatic heterocycles. The number of amides is 3. The highest BCUT2D eigenvalue weighted by atomic mass is 35.5. The van der Waals surface area contributed by atoms with Crippen molar-refractivity contribution in [1.82, 2.24) is 10.2 Å². The van der Waals surface area contributed by atoms with Crippen LogP contribution in [0, 0.1) is 11.6 Å². The molecule has 1 aliphatic rings. The standard InChI is InChI=1S/C15H11ClF2N2O2S/c1-15(10-5-6-11(16)23-10)13(21)20(14(22)19-15)7-8-3-2-4-9(17)12(8)18/h2-6H,7H2,1H3,(H,19,22)/t15-/m0/s1. The van der Waals surface area contributed by atoms with E-state index in [9.17, 15) is 18.4 Å². The molecule has 23 heavy (non-hydrogen) atoms. The van der Waals surface area contributed by atoms with Gasteiger partial charge in [-0.05, 0) is 25.1 Å². The smallest absolute Gasteiger partial charge is 0.319 e. The first-order valence-corrected chi connectivity index (χ1v) is 7.85. The molecule has 3 amide bonds. The fraction of sp³-hybridized carbons (Fsp3) is 0.200. The Morgan fingerprint density at radius 2 is 2.00 bits per heavy atom. The van der Waals surface area contributed by atoms with Crippen LogP contribution >= 0.6 is 22.9 Å². The second-order valence-electron chi connectivity index (χ2n) is 5.26. The number of rotatable bonds is 3. The van der Waals surface area contributed by atoms with Crippen LogP contribution in [0.5, 0.6) is 0 Å². The third kappa shape index (κ3) is 2.60. The molecule has 3 rings (SSSR count). The van der Waals surface area contributed by atoms with Crippen LogP contribution in [0.1, 0.15) is 17.4 Å². The first kappa shape index (κ1) is 15.9. The predicted octanol–water partition coefficient (Wildman–Crippen LogP) is 3.65. The lowest BCUT2D eigenvalue weighted by atomic mass is 10.0. The number of nitrogens with one attached hydrogen (secondary N) is 1. The van der Waals surface area contributed by atoms with E-state index in [1.54, 1.807) is 19.1 Å². The molecule has 1 N–H and O–H groups in total. The summed E-state index contributed by atoms with van der Waals surface area (Å²) in [6, 6.07) is 6.24. The molecule has 1 aromatic heterocycles. The Hall–Kier alpha value is -1.99. The highest BCUT2D eigenvalue weighted by Crippen LogP contribution is 2.36. The molecule has 1 aromatic carbocycles. The maximum atomic E-state index is 13.8. The SMILES string of the molecule is C[C@@]1(c2ccc(Cl)s2)NC(=O)N(Cc2cccc(F)c2F)C1=O. The van der Waals surface area contributed by atoms with Crippen LogP contribution in [-0.4, -0.2) is 16.8 Å². The van der Waals surface area contributed by atoms with E-state index >= 15 is 0 Å². The minimum atomic E-state index is -1.27. The van der Waals surface area contributed by atoms with E-state index in [1.807, 2.05) is 0 Å². The predicted molar refractivity (Wildman–Crippen MR) is 82.1 cm³/mol. The average Bonchev–Trinajstić information content (AvgIpc) is 3.02. The van der Waals surface area contributed by atoms with Gasteiger partial charge >= 0.3 is 6.03 Å². The molecular formula is C15H11ClF2N2O2S. The first-order valence-electron chi connectivity index (χ1n) is 6.66. The number of urea groups is 1. The van der Waals surface area contributed by atoms with Gasteiger partial charge in [0.15, 0.2) is 17.2 Å². The Morgan fingerprint density at radius 3 is 2.65 bits per heavy atom. The molecule has 4 nitrogen and oxygen atoms in total. The molecule has 120 valence electrons. The molecule has 0 aliphatic carbocycles. The van der Waals surface area contributed by atoms with Crippen molar-refractivity contribution in [2.45, 2.75) is 19.0 Å². The van der Waals surface area contributed by atoms with Gasteiger partial charge in [-0.3, -0.25) is 9.69 Å². The van der Waals surface area contributed by atoms with E-state index in [0.29, 0.717) is 9.21 Å². The van der Waals surface area contributed by atoms with Crippen molar-refractivity contribution in [3.63, 3.8) is 0 Å². The van der Waals surface area contributed by atoms with Crippen molar-refractivity contribution in [3.05, 3.63) is 56.7 Å².